The van der Waals surface area contributed by atoms with Crippen molar-refractivity contribution in [3.63, 3.8) is 0 Å². The van der Waals surface area contributed by atoms with Gasteiger partial charge in [-0.15, -0.1) is 0 Å². The van der Waals surface area contributed by atoms with Gasteiger partial charge in [0.2, 0.25) is 5.76 Å². The molecular weight excluding hydrogens is 427 g/mol. The highest BCUT2D eigenvalue weighted by atomic mass is 35.5. The summed E-state index contributed by atoms with van der Waals surface area (Å²) in [7, 11) is 0. The van der Waals surface area contributed by atoms with Gasteiger partial charge in [0, 0.05) is 10.6 Å². The first-order chi connectivity index (χ1) is 15.0. The minimum atomic E-state index is -0.814. The number of hydrogen-bond donors (Lipinski definition) is 1. The van der Waals surface area contributed by atoms with Crippen molar-refractivity contribution in [2.75, 3.05) is 11.9 Å². The first kappa shape index (κ1) is 20.3. The van der Waals surface area contributed by atoms with Gasteiger partial charge in [-0.25, -0.2) is 18.9 Å². The smallest absolute Gasteiger partial charge is 0.374 e. The SMILES string of the molecule is O=C(COC(=O)c1ccc(-c2ccc(F)cc2)o1)Nc1cc(Cl)ccc1-n1cncn1. The molecule has 0 radical (unpaired) electrons. The fraction of sp³-hybridized carbons (Fsp3) is 0.0476. The number of aromatic nitrogens is 3. The number of halogens is 2. The molecule has 0 bridgehead atoms. The quantitative estimate of drug-likeness (QED) is 0.453. The van der Waals surface area contributed by atoms with Crippen molar-refractivity contribution in [3.05, 3.63) is 83.9 Å². The lowest BCUT2D eigenvalue weighted by Crippen LogP contribution is -2.21. The van der Waals surface area contributed by atoms with E-state index < -0.39 is 18.5 Å². The summed E-state index contributed by atoms with van der Waals surface area (Å²) in [6, 6.07) is 13.4. The summed E-state index contributed by atoms with van der Waals surface area (Å²) >= 11 is 6.02. The van der Waals surface area contributed by atoms with Crippen LogP contribution < -0.4 is 5.32 Å². The number of hydrogen-bond acceptors (Lipinski definition) is 6. The van der Waals surface area contributed by atoms with Crippen LogP contribution in [0.5, 0.6) is 0 Å². The number of amides is 1. The van der Waals surface area contributed by atoms with E-state index in [1.165, 1.54) is 47.7 Å². The first-order valence-electron chi connectivity index (χ1n) is 8.97. The number of furan rings is 1. The van der Waals surface area contributed by atoms with E-state index in [0.29, 0.717) is 27.7 Å². The topological polar surface area (TPSA) is 99.2 Å². The van der Waals surface area contributed by atoms with Crippen molar-refractivity contribution in [1.82, 2.24) is 14.8 Å². The van der Waals surface area contributed by atoms with Gasteiger partial charge in [-0.3, -0.25) is 4.79 Å². The standard InChI is InChI=1S/C21H14ClFN4O4/c22-14-3-6-17(27-12-24-11-25-27)16(9-14)26-20(28)10-30-21(29)19-8-7-18(31-19)13-1-4-15(23)5-2-13/h1-9,11-12H,10H2,(H,26,28). The second-order valence-corrected chi connectivity index (χ2v) is 6.73. The lowest BCUT2D eigenvalue weighted by atomic mass is 10.2. The molecule has 2 heterocycles. The Balaban J connectivity index is 1.39. The zero-order valence-electron chi connectivity index (χ0n) is 15.8. The Morgan fingerprint density at radius 1 is 1.13 bits per heavy atom. The largest absolute Gasteiger partial charge is 0.450 e. The molecule has 4 rings (SSSR count). The Morgan fingerprint density at radius 3 is 2.68 bits per heavy atom. The molecule has 1 N–H and O–H groups in total. The maximum Gasteiger partial charge on any atom is 0.374 e. The minimum absolute atomic E-state index is 0.0850. The molecule has 0 spiro atoms. The van der Waals surface area contributed by atoms with E-state index in [-0.39, 0.29) is 11.6 Å². The predicted octanol–water partition coefficient (Wildman–Crippen LogP) is 4.12. The molecule has 0 fully saturated rings. The predicted molar refractivity (Wildman–Crippen MR) is 109 cm³/mol. The summed E-state index contributed by atoms with van der Waals surface area (Å²) in [5.41, 5.74) is 1.51. The van der Waals surface area contributed by atoms with Crippen LogP contribution in [0.3, 0.4) is 0 Å². The molecule has 2 aromatic heterocycles. The highest BCUT2D eigenvalue weighted by Gasteiger charge is 2.17. The van der Waals surface area contributed by atoms with Crippen molar-refractivity contribution in [2.24, 2.45) is 0 Å². The summed E-state index contributed by atoms with van der Waals surface area (Å²) in [5, 5.41) is 7.05. The van der Waals surface area contributed by atoms with Crippen LogP contribution in [0, 0.1) is 5.82 Å². The number of benzene rings is 2. The molecule has 4 aromatic rings. The van der Waals surface area contributed by atoms with E-state index in [2.05, 4.69) is 15.4 Å². The van der Waals surface area contributed by atoms with E-state index in [1.54, 1.807) is 24.3 Å². The maximum atomic E-state index is 13.0. The van der Waals surface area contributed by atoms with Gasteiger partial charge >= 0.3 is 5.97 Å². The van der Waals surface area contributed by atoms with Crippen molar-refractivity contribution >= 4 is 29.2 Å². The molecule has 156 valence electrons. The monoisotopic (exact) mass is 440 g/mol. The fourth-order valence-electron chi connectivity index (χ4n) is 2.75. The summed E-state index contributed by atoms with van der Waals surface area (Å²) in [6.45, 7) is -0.547. The zero-order chi connectivity index (χ0) is 21.8. The van der Waals surface area contributed by atoms with Gasteiger partial charge in [0.25, 0.3) is 5.91 Å². The maximum absolute atomic E-state index is 13.0. The highest BCUT2D eigenvalue weighted by Crippen LogP contribution is 2.25. The molecule has 0 atom stereocenters. The number of nitrogens with one attached hydrogen (secondary N) is 1. The number of nitrogens with zero attached hydrogens (tertiary/aromatic N) is 3. The molecule has 1 amide bonds. The lowest BCUT2D eigenvalue weighted by Gasteiger charge is -2.11. The van der Waals surface area contributed by atoms with E-state index in [0.717, 1.165) is 0 Å². The number of anilines is 1. The number of rotatable bonds is 6. The van der Waals surface area contributed by atoms with Crippen molar-refractivity contribution in [2.45, 2.75) is 0 Å². The summed E-state index contributed by atoms with van der Waals surface area (Å²) in [5.74, 6) is -1.49. The third-order valence-corrected chi connectivity index (χ3v) is 4.40. The normalized spacial score (nSPS) is 10.6. The van der Waals surface area contributed by atoms with Crippen LogP contribution in [0.2, 0.25) is 5.02 Å². The van der Waals surface area contributed by atoms with E-state index in [1.807, 2.05) is 0 Å². The molecule has 0 aliphatic carbocycles. The molecule has 0 aliphatic heterocycles. The molecule has 31 heavy (non-hydrogen) atoms. The molecule has 0 unspecified atom stereocenters. The summed E-state index contributed by atoms with van der Waals surface area (Å²) in [6.07, 6.45) is 2.82. The zero-order valence-corrected chi connectivity index (χ0v) is 16.5. The first-order valence-corrected chi connectivity index (χ1v) is 9.35. The molecule has 0 aliphatic rings. The average Bonchev–Trinajstić information content (AvgIpc) is 3.45. The molecule has 0 saturated carbocycles. The van der Waals surface area contributed by atoms with Crippen LogP contribution in [0.15, 0.2) is 71.7 Å². The second kappa shape index (κ2) is 8.80. The Hall–Kier alpha value is -3.98. The Kier molecular flexibility index (Phi) is 5.76. The molecule has 8 nitrogen and oxygen atoms in total. The van der Waals surface area contributed by atoms with Gasteiger partial charge in [-0.2, -0.15) is 5.10 Å². The molecule has 0 saturated heterocycles. The van der Waals surface area contributed by atoms with Crippen LogP contribution in [-0.4, -0.2) is 33.2 Å². The van der Waals surface area contributed by atoms with Crippen LogP contribution in [-0.2, 0) is 9.53 Å². The van der Waals surface area contributed by atoms with Crippen molar-refractivity contribution in [3.8, 4) is 17.0 Å². The lowest BCUT2D eigenvalue weighted by molar-refractivity contribution is -0.119. The number of ether oxygens (including phenoxy) is 1. The van der Waals surface area contributed by atoms with Crippen LogP contribution >= 0.6 is 11.6 Å². The number of esters is 1. The van der Waals surface area contributed by atoms with Crippen molar-refractivity contribution < 1.29 is 23.1 Å². The van der Waals surface area contributed by atoms with Crippen LogP contribution in [0.1, 0.15) is 10.6 Å². The molecule has 10 heteroatoms. The Labute approximate surface area is 180 Å². The Morgan fingerprint density at radius 2 is 1.94 bits per heavy atom. The average molecular weight is 441 g/mol. The van der Waals surface area contributed by atoms with Crippen LogP contribution in [0.4, 0.5) is 10.1 Å². The van der Waals surface area contributed by atoms with Gasteiger partial charge in [0.05, 0.1) is 11.4 Å². The van der Waals surface area contributed by atoms with Gasteiger partial charge in [0.1, 0.15) is 24.2 Å². The molecular formula is C21H14ClFN4O4. The number of carbonyl (C=O) groups excluding carboxylic acids is 2. The van der Waals surface area contributed by atoms with Gasteiger partial charge < -0.3 is 14.5 Å². The number of carbonyl (C=O) groups is 2. The third kappa shape index (κ3) is 4.78. The summed E-state index contributed by atoms with van der Waals surface area (Å²) in [4.78, 5) is 28.4. The molecule has 2 aromatic carbocycles. The van der Waals surface area contributed by atoms with Crippen molar-refractivity contribution in [1.29, 1.82) is 0 Å². The van der Waals surface area contributed by atoms with E-state index >= 15 is 0 Å². The van der Waals surface area contributed by atoms with Crippen LogP contribution in [0.25, 0.3) is 17.0 Å². The fourth-order valence-corrected chi connectivity index (χ4v) is 2.92. The van der Waals surface area contributed by atoms with E-state index in [9.17, 15) is 14.0 Å². The van der Waals surface area contributed by atoms with Gasteiger partial charge in [0.15, 0.2) is 6.61 Å². The van der Waals surface area contributed by atoms with Gasteiger partial charge in [-0.1, -0.05) is 11.6 Å². The summed E-state index contributed by atoms with van der Waals surface area (Å²) < 4.78 is 25.0. The Bertz CT molecular complexity index is 1220. The highest BCUT2D eigenvalue weighted by molar-refractivity contribution is 6.31. The van der Waals surface area contributed by atoms with E-state index in [4.69, 9.17) is 20.8 Å². The minimum Gasteiger partial charge on any atom is -0.450 e. The second-order valence-electron chi connectivity index (χ2n) is 6.30. The van der Waals surface area contributed by atoms with Gasteiger partial charge in [-0.05, 0) is 54.6 Å². The third-order valence-electron chi connectivity index (χ3n) is 4.17.